The molecule has 12 heteroatoms. The average Bonchev–Trinajstić information content (AvgIpc) is 2.86. The molecule has 0 aliphatic carbocycles. The Morgan fingerprint density at radius 2 is 1.92 bits per heavy atom. The monoisotopic (exact) mass is 444 g/mol. The number of anilines is 1. The summed E-state index contributed by atoms with van der Waals surface area (Å²) in [5.74, 6) is 0.236. The number of benzene rings is 1. The van der Waals surface area contributed by atoms with Crippen LogP contribution < -0.4 is 11.1 Å². The molecule has 2 aromatic rings. The van der Waals surface area contributed by atoms with Crippen LogP contribution in [0, 0.1) is 0 Å². The summed E-state index contributed by atoms with van der Waals surface area (Å²) in [4.78, 5) is 0.0960. The van der Waals surface area contributed by atoms with Gasteiger partial charge in [-0.15, -0.1) is 0 Å². The first-order chi connectivity index (χ1) is 12.0. The summed E-state index contributed by atoms with van der Waals surface area (Å²) < 4.78 is 52.1. The van der Waals surface area contributed by atoms with E-state index in [4.69, 9.17) is 41.2 Å². The summed E-state index contributed by atoms with van der Waals surface area (Å²) in [6, 6.07) is 1.48. The van der Waals surface area contributed by atoms with Crippen LogP contribution in [0.25, 0.3) is 5.69 Å². The maximum absolute atomic E-state index is 12.9. The van der Waals surface area contributed by atoms with E-state index in [1.54, 1.807) is 6.92 Å². The van der Waals surface area contributed by atoms with Gasteiger partial charge in [0.1, 0.15) is 27.1 Å². The standard InChI is InChI=1S/C14H13Cl2F3N4OS2/c1-3-21-13-11(26(2)24)9(12(20)25)22-23(13)10-7(15)4-6(5-8(10)16)14(17,18)19/h4-5,21H,3H2,1-2H3,(H2,20,25). The van der Waals surface area contributed by atoms with Crippen LogP contribution in [0.4, 0.5) is 19.0 Å². The first-order valence-electron chi connectivity index (χ1n) is 7.05. The SMILES string of the molecule is CCNc1c(S(C)=O)c(C(N)=S)nn1-c1c(Cl)cc(C(F)(F)F)cc1Cl. The molecule has 26 heavy (non-hydrogen) atoms. The quantitative estimate of drug-likeness (QED) is 0.681. The van der Waals surface area contributed by atoms with Crippen LogP contribution in [-0.4, -0.2) is 31.8 Å². The number of halogens is 5. The van der Waals surface area contributed by atoms with Crippen molar-refractivity contribution in [3.05, 3.63) is 33.4 Å². The predicted octanol–water partition coefficient (Wildman–Crippen LogP) is 4.00. The van der Waals surface area contributed by atoms with Crippen molar-refractivity contribution in [3.8, 4) is 5.69 Å². The van der Waals surface area contributed by atoms with E-state index < -0.39 is 22.5 Å². The van der Waals surface area contributed by atoms with Crippen molar-refractivity contribution >= 4 is 57.0 Å². The topological polar surface area (TPSA) is 72.9 Å². The molecule has 0 amide bonds. The van der Waals surface area contributed by atoms with Crippen molar-refractivity contribution in [1.82, 2.24) is 9.78 Å². The lowest BCUT2D eigenvalue weighted by Crippen LogP contribution is -2.13. The molecule has 2 rings (SSSR count). The number of thiocarbonyl (C=S) groups is 1. The van der Waals surface area contributed by atoms with Gasteiger partial charge in [-0.25, -0.2) is 4.68 Å². The zero-order valence-corrected chi connectivity index (χ0v) is 16.6. The highest BCUT2D eigenvalue weighted by atomic mass is 35.5. The lowest BCUT2D eigenvalue weighted by Gasteiger charge is -2.15. The molecule has 0 saturated carbocycles. The number of nitrogens with one attached hydrogen (secondary N) is 1. The second kappa shape index (κ2) is 7.71. The highest BCUT2D eigenvalue weighted by Crippen LogP contribution is 2.39. The minimum Gasteiger partial charge on any atom is -0.388 e. The number of alkyl halides is 3. The van der Waals surface area contributed by atoms with Gasteiger partial charge in [-0.2, -0.15) is 18.3 Å². The molecule has 1 atom stereocenters. The van der Waals surface area contributed by atoms with E-state index in [2.05, 4.69) is 10.4 Å². The Labute approximate surface area is 165 Å². The van der Waals surface area contributed by atoms with E-state index in [1.807, 2.05) is 0 Å². The Morgan fingerprint density at radius 1 is 1.38 bits per heavy atom. The molecule has 1 unspecified atom stereocenters. The Hall–Kier alpha value is -1.36. The number of nitrogens with zero attached hydrogens (tertiary/aromatic N) is 2. The lowest BCUT2D eigenvalue weighted by molar-refractivity contribution is -0.137. The summed E-state index contributed by atoms with van der Waals surface area (Å²) in [7, 11) is -1.54. The molecular formula is C14H13Cl2F3N4OS2. The molecular weight excluding hydrogens is 432 g/mol. The summed E-state index contributed by atoms with van der Waals surface area (Å²) in [5.41, 5.74) is 4.71. The van der Waals surface area contributed by atoms with Crippen LogP contribution in [0.3, 0.4) is 0 Å². The maximum Gasteiger partial charge on any atom is 0.416 e. The van der Waals surface area contributed by atoms with E-state index in [0.717, 1.165) is 12.1 Å². The van der Waals surface area contributed by atoms with Gasteiger partial charge in [0, 0.05) is 12.8 Å². The van der Waals surface area contributed by atoms with Gasteiger partial charge in [0.2, 0.25) is 0 Å². The second-order valence-electron chi connectivity index (χ2n) is 5.07. The number of rotatable bonds is 5. The fraction of sp³-hybridized carbons (Fsp3) is 0.286. The van der Waals surface area contributed by atoms with Gasteiger partial charge in [0.15, 0.2) is 0 Å². The van der Waals surface area contributed by atoms with Crippen molar-refractivity contribution in [2.75, 3.05) is 18.1 Å². The zero-order chi connectivity index (χ0) is 19.8. The molecule has 0 fully saturated rings. The van der Waals surface area contributed by atoms with Gasteiger partial charge < -0.3 is 11.1 Å². The highest BCUT2D eigenvalue weighted by molar-refractivity contribution is 7.85. The van der Waals surface area contributed by atoms with Crippen molar-refractivity contribution in [2.45, 2.75) is 18.0 Å². The van der Waals surface area contributed by atoms with Gasteiger partial charge in [0.05, 0.1) is 26.4 Å². The second-order valence-corrected chi connectivity index (χ2v) is 7.64. The third-order valence-electron chi connectivity index (χ3n) is 3.26. The van der Waals surface area contributed by atoms with Crippen molar-refractivity contribution < 1.29 is 17.4 Å². The van der Waals surface area contributed by atoms with Crippen LogP contribution in [0.1, 0.15) is 18.2 Å². The normalized spacial score (nSPS) is 12.9. The van der Waals surface area contributed by atoms with Crippen LogP contribution >= 0.6 is 35.4 Å². The molecule has 3 N–H and O–H groups in total. The number of hydrogen-bond acceptors (Lipinski definition) is 4. The van der Waals surface area contributed by atoms with Crippen molar-refractivity contribution in [1.29, 1.82) is 0 Å². The maximum atomic E-state index is 12.9. The molecule has 0 saturated heterocycles. The summed E-state index contributed by atoms with van der Waals surface area (Å²) >= 11 is 17.0. The largest absolute Gasteiger partial charge is 0.416 e. The molecule has 0 aliphatic heterocycles. The summed E-state index contributed by atoms with van der Waals surface area (Å²) in [6.07, 6.45) is -3.21. The molecule has 1 heterocycles. The van der Waals surface area contributed by atoms with Gasteiger partial charge in [-0.05, 0) is 19.1 Å². The first-order valence-corrected chi connectivity index (χ1v) is 9.78. The van der Waals surface area contributed by atoms with Crippen molar-refractivity contribution in [3.63, 3.8) is 0 Å². The van der Waals surface area contributed by atoms with E-state index >= 15 is 0 Å². The predicted molar refractivity (Wildman–Crippen MR) is 101 cm³/mol. The Balaban J connectivity index is 2.82. The van der Waals surface area contributed by atoms with Crippen LogP contribution in [-0.2, 0) is 17.0 Å². The van der Waals surface area contributed by atoms with E-state index in [0.29, 0.717) is 6.54 Å². The third kappa shape index (κ3) is 3.98. The molecule has 0 aliphatic rings. The highest BCUT2D eigenvalue weighted by Gasteiger charge is 2.33. The minimum absolute atomic E-state index is 0.00789. The van der Waals surface area contributed by atoms with E-state index in [1.165, 1.54) is 10.9 Å². The van der Waals surface area contributed by atoms with E-state index in [9.17, 15) is 17.4 Å². The average molecular weight is 445 g/mol. The van der Waals surface area contributed by atoms with Gasteiger partial charge in [-0.3, -0.25) is 4.21 Å². The summed E-state index contributed by atoms with van der Waals surface area (Å²) in [6.45, 7) is 2.18. The van der Waals surface area contributed by atoms with Crippen LogP contribution in [0.2, 0.25) is 10.0 Å². The smallest absolute Gasteiger partial charge is 0.388 e. The lowest BCUT2D eigenvalue weighted by atomic mass is 10.2. The van der Waals surface area contributed by atoms with Gasteiger partial charge in [0.25, 0.3) is 0 Å². The zero-order valence-electron chi connectivity index (χ0n) is 13.4. The number of nitrogens with two attached hydrogens (primary N) is 1. The first kappa shape index (κ1) is 20.9. The molecule has 1 aromatic heterocycles. The Morgan fingerprint density at radius 3 is 2.31 bits per heavy atom. The number of hydrogen-bond donors (Lipinski definition) is 2. The van der Waals surface area contributed by atoms with Gasteiger partial charge >= 0.3 is 6.18 Å². The molecule has 0 radical (unpaired) electrons. The summed E-state index contributed by atoms with van der Waals surface area (Å²) in [5, 5.41) is 6.56. The minimum atomic E-state index is -4.61. The molecule has 142 valence electrons. The third-order valence-corrected chi connectivity index (χ3v) is 4.99. The molecule has 0 bridgehead atoms. The van der Waals surface area contributed by atoms with Crippen LogP contribution in [0.15, 0.2) is 17.0 Å². The molecule has 5 nitrogen and oxygen atoms in total. The molecule has 1 aromatic carbocycles. The van der Waals surface area contributed by atoms with Crippen LogP contribution in [0.5, 0.6) is 0 Å². The fourth-order valence-electron chi connectivity index (χ4n) is 2.25. The Kier molecular flexibility index (Phi) is 6.21. The Bertz CT molecular complexity index is 876. The van der Waals surface area contributed by atoms with Gasteiger partial charge in [-0.1, -0.05) is 35.4 Å². The van der Waals surface area contributed by atoms with E-state index in [-0.39, 0.29) is 37.1 Å². The number of aromatic nitrogens is 2. The fourth-order valence-corrected chi connectivity index (χ4v) is 3.96. The molecule has 0 spiro atoms. The van der Waals surface area contributed by atoms with Crippen molar-refractivity contribution in [2.24, 2.45) is 5.73 Å².